The number of anilines is 1. The molecule has 3 aromatic carbocycles. The minimum Gasteiger partial charge on any atom is -0.505 e. The number of rotatable bonds is 9. The van der Waals surface area contributed by atoms with Gasteiger partial charge in [0.2, 0.25) is 0 Å². The second kappa shape index (κ2) is 10.6. The zero-order valence-corrected chi connectivity index (χ0v) is 21.4. The first-order chi connectivity index (χ1) is 18.5. The Balaban J connectivity index is 1.61. The summed E-state index contributed by atoms with van der Waals surface area (Å²) in [5.74, 6) is 2.23. The Labute approximate surface area is 220 Å². The zero-order valence-electron chi connectivity index (χ0n) is 21.4. The van der Waals surface area contributed by atoms with Crippen LogP contribution in [0, 0.1) is 0 Å². The molecule has 9 nitrogen and oxygen atoms in total. The molecule has 2 aromatic heterocycles. The quantitative estimate of drug-likeness (QED) is 0.227. The molecule has 0 aliphatic heterocycles. The van der Waals surface area contributed by atoms with Gasteiger partial charge in [0, 0.05) is 43.8 Å². The van der Waals surface area contributed by atoms with Crippen molar-refractivity contribution in [2.75, 3.05) is 33.1 Å². The minimum absolute atomic E-state index is 0.0594. The summed E-state index contributed by atoms with van der Waals surface area (Å²) in [7, 11) is 4.96. The lowest BCUT2D eigenvalue weighted by Gasteiger charge is -2.16. The fourth-order valence-corrected chi connectivity index (χ4v) is 4.56. The van der Waals surface area contributed by atoms with Crippen molar-refractivity contribution in [3.8, 4) is 34.3 Å². The average molecular weight is 512 g/mol. The third-order valence-electron chi connectivity index (χ3n) is 6.38. The van der Waals surface area contributed by atoms with Crippen LogP contribution in [0.3, 0.4) is 0 Å². The number of aromatic hydroxyl groups is 1. The second-order valence-corrected chi connectivity index (χ2v) is 8.65. The van der Waals surface area contributed by atoms with E-state index in [4.69, 9.17) is 14.5 Å². The Morgan fingerprint density at radius 3 is 2.34 bits per heavy atom. The molecule has 194 valence electrons. The monoisotopic (exact) mass is 511 g/mol. The van der Waals surface area contributed by atoms with E-state index < -0.39 is 0 Å². The number of carbonyl (C=O) groups excluding carboxylic acids is 1. The second-order valence-electron chi connectivity index (χ2n) is 8.65. The summed E-state index contributed by atoms with van der Waals surface area (Å²) in [4.78, 5) is 20.7. The lowest BCUT2D eigenvalue weighted by atomic mass is 10.2. The summed E-state index contributed by atoms with van der Waals surface area (Å²) in [6.45, 7) is 0.301. The van der Waals surface area contributed by atoms with Crippen molar-refractivity contribution in [2.24, 2.45) is 0 Å². The molecule has 4 N–H and O–H groups in total. The van der Waals surface area contributed by atoms with Crippen molar-refractivity contribution >= 4 is 22.8 Å². The van der Waals surface area contributed by atoms with Crippen LogP contribution in [-0.4, -0.2) is 53.4 Å². The maximum absolute atomic E-state index is 12.7. The third-order valence-corrected chi connectivity index (χ3v) is 6.38. The number of hydrogen-bond acceptors (Lipinski definition) is 6. The molecular weight excluding hydrogens is 482 g/mol. The number of nitrogens with one attached hydrogen (secondary N) is 3. The average Bonchev–Trinajstić information content (AvgIpc) is 3.51. The first kappa shape index (κ1) is 24.8. The summed E-state index contributed by atoms with van der Waals surface area (Å²) in [6.07, 6.45) is 0.346. The zero-order chi connectivity index (χ0) is 26.6. The van der Waals surface area contributed by atoms with Crippen LogP contribution < -0.4 is 20.1 Å². The van der Waals surface area contributed by atoms with Gasteiger partial charge in [0.05, 0.1) is 36.6 Å². The van der Waals surface area contributed by atoms with Gasteiger partial charge in [0.25, 0.3) is 5.91 Å². The van der Waals surface area contributed by atoms with Crippen LogP contribution in [0.25, 0.3) is 28.1 Å². The summed E-state index contributed by atoms with van der Waals surface area (Å²) in [5.41, 5.74) is 4.05. The van der Waals surface area contributed by atoms with Crippen LogP contribution >= 0.6 is 0 Å². The highest BCUT2D eigenvalue weighted by Crippen LogP contribution is 2.44. The van der Waals surface area contributed by atoms with Gasteiger partial charge in [-0.2, -0.15) is 0 Å². The number of fused-ring (bicyclic) bond motifs is 1. The van der Waals surface area contributed by atoms with Gasteiger partial charge in [-0.05, 0) is 24.3 Å². The van der Waals surface area contributed by atoms with Crippen LogP contribution in [0.2, 0.25) is 0 Å². The lowest BCUT2D eigenvalue weighted by molar-refractivity contribution is 0.0954. The third kappa shape index (κ3) is 4.61. The molecule has 0 spiro atoms. The Hall–Kier alpha value is -4.92. The molecular formula is C29H29N5O4. The van der Waals surface area contributed by atoms with Crippen LogP contribution in [0.4, 0.5) is 5.82 Å². The number of nitrogens with zero attached hydrogens (tertiary/aromatic N) is 2. The molecule has 2 heterocycles. The maximum Gasteiger partial charge on any atom is 0.251 e. The van der Waals surface area contributed by atoms with Gasteiger partial charge in [-0.1, -0.05) is 30.3 Å². The highest BCUT2D eigenvalue weighted by Gasteiger charge is 2.27. The molecule has 0 atom stereocenters. The number of methoxy groups -OCH3 is 2. The Kier molecular flexibility index (Phi) is 6.90. The van der Waals surface area contributed by atoms with E-state index in [1.54, 1.807) is 39.5 Å². The van der Waals surface area contributed by atoms with Crippen molar-refractivity contribution in [3.05, 3.63) is 84.1 Å². The van der Waals surface area contributed by atoms with Crippen molar-refractivity contribution in [3.63, 3.8) is 0 Å². The predicted octanol–water partition coefficient (Wildman–Crippen LogP) is 4.76. The number of aromatic amines is 1. The number of imidazole rings is 1. The van der Waals surface area contributed by atoms with Crippen molar-refractivity contribution in [1.82, 2.24) is 19.9 Å². The molecule has 5 rings (SSSR count). The Morgan fingerprint density at radius 1 is 1.00 bits per heavy atom. The van der Waals surface area contributed by atoms with Crippen LogP contribution in [-0.2, 0) is 6.42 Å². The molecule has 0 saturated carbocycles. The topological polar surface area (TPSA) is 113 Å². The van der Waals surface area contributed by atoms with E-state index >= 15 is 0 Å². The number of amides is 1. The first-order valence-electron chi connectivity index (χ1n) is 12.2. The van der Waals surface area contributed by atoms with Crippen molar-refractivity contribution < 1.29 is 19.4 Å². The number of carbonyl (C=O) groups is 1. The summed E-state index contributed by atoms with van der Waals surface area (Å²) >= 11 is 0. The van der Waals surface area contributed by atoms with E-state index in [9.17, 15) is 9.90 Å². The number of para-hydroxylation sites is 2. The van der Waals surface area contributed by atoms with E-state index in [1.807, 2.05) is 59.2 Å². The lowest BCUT2D eigenvalue weighted by Crippen LogP contribution is -2.26. The predicted molar refractivity (Wildman–Crippen MR) is 148 cm³/mol. The molecule has 38 heavy (non-hydrogen) atoms. The van der Waals surface area contributed by atoms with E-state index in [0.717, 1.165) is 11.0 Å². The highest BCUT2D eigenvalue weighted by molar-refractivity contribution is 5.94. The van der Waals surface area contributed by atoms with Crippen molar-refractivity contribution in [2.45, 2.75) is 6.42 Å². The molecule has 0 aliphatic carbocycles. The fourth-order valence-electron chi connectivity index (χ4n) is 4.56. The molecule has 9 heteroatoms. The van der Waals surface area contributed by atoms with Gasteiger partial charge in [-0.25, -0.2) is 4.98 Å². The van der Waals surface area contributed by atoms with Crippen LogP contribution in [0.5, 0.6) is 17.2 Å². The van der Waals surface area contributed by atoms with Gasteiger partial charge in [-0.15, -0.1) is 0 Å². The molecule has 1 amide bonds. The van der Waals surface area contributed by atoms with Gasteiger partial charge in [0.1, 0.15) is 34.5 Å². The Bertz CT molecular complexity index is 1530. The summed E-state index contributed by atoms with van der Waals surface area (Å²) in [6, 6.07) is 22.2. The SMILES string of the molecule is CNc1c(-c2nc3ccccc3[nH]2)c(O)c(CCNC(=O)c2ccccc2)n1-c1cc(OC)cc(OC)c1. The van der Waals surface area contributed by atoms with Gasteiger partial charge >= 0.3 is 0 Å². The van der Waals surface area contributed by atoms with E-state index in [1.165, 1.54) is 0 Å². The van der Waals surface area contributed by atoms with E-state index in [-0.39, 0.29) is 11.7 Å². The van der Waals surface area contributed by atoms with Gasteiger partial charge in [-0.3, -0.25) is 9.36 Å². The largest absolute Gasteiger partial charge is 0.505 e. The molecule has 5 aromatic rings. The fraction of sp³-hybridized carbons (Fsp3) is 0.172. The molecule has 0 aliphatic rings. The molecule has 0 radical (unpaired) electrons. The van der Waals surface area contributed by atoms with E-state index in [0.29, 0.717) is 58.6 Å². The van der Waals surface area contributed by atoms with E-state index in [2.05, 4.69) is 15.6 Å². The number of H-pyrrole nitrogens is 1. The molecule has 0 bridgehead atoms. The first-order valence-corrected chi connectivity index (χ1v) is 12.2. The number of aromatic nitrogens is 3. The maximum atomic E-state index is 12.7. The van der Waals surface area contributed by atoms with Crippen LogP contribution in [0.1, 0.15) is 16.1 Å². The molecule has 0 fully saturated rings. The highest BCUT2D eigenvalue weighted by atomic mass is 16.5. The molecule has 0 unspecified atom stereocenters. The molecule has 0 saturated heterocycles. The number of hydrogen-bond donors (Lipinski definition) is 4. The van der Waals surface area contributed by atoms with Crippen molar-refractivity contribution in [1.29, 1.82) is 0 Å². The summed E-state index contributed by atoms with van der Waals surface area (Å²) in [5, 5.41) is 17.8. The van der Waals surface area contributed by atoms with Gasteiger partial charge < -0.3 is 30.2 Å². The Morgan fingerprint density at radius 2 is 1.68 bits per heavy atom. The van der Waals surface area contributed by atoms with Gasteiger partial charge in [0.15, 0.2) is 0 Å². The minimum atomic E-state index is -0.183. The number of ether oxygens (including phenoxy) is 2. The normalized spacial score (nSPS) is 10.9. The standard InChI is InChI=1S/C29H29N5O4/c1-30-28-25(27-32-22-11-7-8-12-23(22)33-27)26(35)24(13-14-31-29(36)18-9-5-4-6-10-18)34(28)19-15-20(37-2)17-21(16-19)38-3/h4-12,15-17,30,35H,13-14H2,1-3H3,(H,31,36)(H,32,33). The smallest absolute Gasteiger partial charge is 0.251 e. The number of benzene rings is 3. The summed E-state index contributed by atoms with van der Waals surface area (Å²) < 4.78 is 12.9. The van der Waals surface area contributed by atoms with Crippen LogP contribution in [0.15, 0.2) is 72.8 Å².